The number of amides is 1. The molecule has 1 amide bonds. The van der Waals surface area contributed by atoms with Crippen LogP contribution < -0.4 is 11.1 Å². The standard InChI is InChI=1S/C15H19N5O/c16-12-3-1-2-11(8-12)15(21)19-13-4-6-14(7-5-13)20-10-17-9-18-20/h4-7,9-12H,1-3,8,16H2,(H,19,21). The summed E-state index contributed by atoms with van der Waals surface area (Å²) in [5.74, 6) is 0.0994. The molecule has 2 atom stereocenters. The van der Waals surface area contributed by atoms with Crippen molar-refractivity contribution in [2.24, 2.45) is 11.7 Å². The largest absolute Gasteiger partial charge is 0.328 e. The Balaban J connectivity index is 1.63. The second kappa shape index (κ2) is 6.05. The second-order valence-electron chi connectivity index (χ2n) is 5.50. The van der Waals surface area contributed by atoms with Crippen molar-refractivity contribution < 1.29 is 4.79 Å². The van der Waals surface area contributed by atoms with E-state index >= 15 is 0 Å². The van der Waals surface area contributed by atoms with Crippen molar-refractivity contribution in [2.45, 2.75) is 31.7 Å². The molecule has 1 heterocycles. The van der Waals surface area contributed by atoms with Crippen LogP contribution in [0.4, 0.5) is 5.69 Å². The minimum Gasteiger partial charge on any atom is -0.328 e. The Kier molecular flexibility index (Phi) is 3.96. The van der Waals surface area contributed by atoms with Crippen LogP contribution in [0.2, 0.25) is 0 Å². The number of nitrogens with one attached hydrogen (secondary N) is 1. The summed E-state index contributed by atoms with van der Waals surface area (Å²) in [6.45, 7) is 0. The van der Waals surface area contributed by atoms with Crippen molar-refractivity contribution in [3.05, 3.63) is 36.9 Å². The molecule has 0 aliphatic heterocycles. The minimum absolute atomic E-state index is 0.0312. The van der Waals surface area contributed by atoms with Gasteiger partial charge in [-0.2, -0.15) is 5.10 Å². The fourth-order valence-corrected chi connectivity index (χ4v) is 2.75. The number of carbonyl (C=O) groups is 1. The van der Waals surface area contributed by atoms with E-state index in [1.807, 2.05) is 24.3 Å². The Hall–Kier alpha value is -2.21. The van der Waals surface area contributed by atoms with Crippen LogP contribution >= 0.6 is 0 Å². The van der Waals surface area contributed by atoms with E-state index in [4.69, 9.17) is 5.73 Å². The summed E-state index contributed by atoms with van der Waals surface area (Å²) < 4.78 is 1.67. The third kappa shape index (κ3) is 3.28. The number of hydrogen-bond acceptors (Lipinski definition) is 4. The first kappa shape index (κ1) is 13.8. The predicted octanol–water partition coefficient (Wildman–Crippen LogP) is 1.72. The molecule has 2 unspecified atom stereocenters. The summed E-state index contributed by atoms with van der Waals surface area (Å²) in [4.78, 5) is 16.1. The molecule has 1 aromatic heterocycles. The predicted molar refractivity (Wildman–Crippen MR) is 79.9 cm³/mol. The number of carbonyl (C=O) groups excluding carboxylic acids is 1. The Labute approximate surface area is 123 Å². The lowest BCUT2D eigenvalue weighted by Crippen LogP contribution is -2.34. The number of nitrogens with two attached hydrogens (primary N) is 1. The van der Waals surface area contributed by atoms with Crippen molar-refractivity contribution in [3.8, 4) is 5.69 Å². The lowest BCUT2D eigenvalue weighted by Gasteiger charge is -2.25. The maximum absolute atomic E-state index is 12.2. The highest BCUT2D eigenvalue weighted by Crippen LogP contribution is 2.24. The van der Waals surface area contributed by atoms with Crippen molar-refractivity contribution in [2.75, 3.05) is 5.32 Å². The van der Waals surface area contributed by atoms with Gasteiger partial charge in [0.15, 0.2) is 0 Å². The van der Waals surface area contributed by atoms with E-state index in [9.17, 15) is 4.79 Å². The average molecular weight is 285 g/mol. The van der Waals surface area contributed by atoms with Crippen molar-refractivity contribution >= 4 is 11.6 Å². The van der Waals surface area contributed by atoms with Crippen LogP contribution in [0.25, 0.3) is 5.69 Å². The van der Waals surface area contributed by atoms with Crippen LogP contribution in [0.1, 0.15) is 25.7 Å². The molecule has 0 bridgehead atoms. The molecule has 6 heteroatoms. The molecule has 1 saturated carbocycles. The SMILES string of the molecule is NC1CCCC(C(=O)Nc2ccc(-n3cncn3)cc2)C1. The van der Waals surface area contributed by atoms with Gasteiger partial charge in [-0.15, -0.1) is 0 Å². The van der Waals surface area contributed by atoms with E-state index in [2.05, 4.69) is 15.4 Å². The molecule has 0 saturated heterocycles. The fraction of sp³-hybridized carbons (Fsp3) is 0.400. The maximum Gasteiger partial charge on any atom is 0.227 e. The highest BCUT2D eigenvalue weighted by molar-refractivity contribution is 5.92. The quantitative estimate of drug-likeness (QED) is 0.899. The highest BCUT2D eigenvalue weighted by atomic mass is 16.1. The lowest BCUT2D eigenvalue weighted by atomic mass is 9.85. The molecule has 3 N–H and O–H groups in total. The third-order valence-corrected chi connectivity index (χ3v) is 3.90. The molecule has 6 nitrogen and oxygen atoms in total. The molecular weight excluding hydrogens is 266 g/mol. The summed E-state index contributed by atoms with van der Waals surface area (Å²) in [6.07, 6.45) is 6.89. The summed E-state index contributed by atoms with van der Waals surface area (Å²) in [6, 6.07) is 7.70. The fourth-order valence-electron chi connectivity index (χ4n) is 2.75. The minimum atomic E-state index is 0.0312. The maximum atomic E-state index is 12.2. The van der Waals surface area contributed by atoms with Gasteiger partial charge >= 0.3 is 0 Å². The van der Waals surface area contributed by atoms with E-state index in [0.29, 0.717) is 0 Å². The molecule has 0 radical (unpaired) electrons. The van der Waals surface area contributed by atoms with Gasteiger partial charge in [-0.05, 0) is 43.5 Å². The zero-order valence-corrected chi connectivity index (χ0v) is 11.8. The molecule has 0 spiro atoms. The van der Waals surface area contributed by atoms with Gasteiger partial charge in [0.2, 0.25) is 5.91 Å². The smallest absolute Gasteiger partial charge is 0.227 e. The average Bonchev–Trinajstić information content (AvgIpc) is 3.02. The Morgan fingerprint density at radius 3 is 2.76 bits per heavy atom. The van der Waals surface area contributed by atoms with Crippen LogP contribution in [0, 0.1) is 5.92 Å². The van der Waals surface area contributed by atoms with E-state index < -0.39 is 0 Å². The molecule has 1 fully saturated rings. The first-order valence-corrected chi connectivity index (χ1v) is 7.24. The molecule has 1 aromatic carbocycles. The lowest BCUT2D eigenvalue weighted by molar-refractivity contribution is -0.120. The van der Waals surface area contributed by atoms with Crippen LogP contribution in [-0.2, 0) is 4.79 Å². The van der Waals surface area contributed by atoms with Gasteiger partial charge < -0.3 is 11.1 Å². The number of rotatable bonds is 3. The summed E-state index contributed by atoms with van der Waals surface area (Å²) in [5.41, 5.74) is 7.64. The van der Waals surface area contributed by atoms with E-state index in [-0.39, 0.29) is 17.9 Å². The van der Waals surface area contributed by atoms with E-state index in [1.165, 1.54) is 6.33 Å². The van der Waals surface area contributed by atoms with Crippen LogP contribution in [-0.4, -0.2) is 26.7 Å². The van der Waals surface area contributed by atoms with Crippen molar-refractivity contribution in [1.82, 2.24) is 14.8 Å². The number of nitrogens with zero attached hydrogens (tertiary/aromatic N) is 3. The van der Waals surface area contributed by atoms with Crippen LogP contribution in [0.5, 0.6) is 0 Å². The first-order valence-electron chi connectivity index (χ1n) is 7.24. The van der Waals surface area contributed by atoms with Gasteiger partial charge in [-0.3, -0.25) is 4.79 Å². The molecule has 1 aliphatic carbocycles. The van der Waals surface area contributed by atoms with Gasteiger partial charge in [-0.1, -0.05) is 6.42 Å². The molecule has 3 rings (SSSR count). The van der Waals surface area contributed by atoms with Crippen LogP contribution in [0.3, 0.4) is 0 Å². The Morgan fingerprint density at radius 2 is 2.10 bits per heavy atom. The molecule has 21 heavy (non-hydrogen) atoms. The first-order chi connectivity index (χ1) is 10.2. The Morgan fingerprint density at radius 1 is 1.29 bits per heavy atom. The van der Waals surface area contributed by atoms with E-state index in [1.54, 1.807) is 11.0 Å². The number of aromatic nitrogens is 3. The summed E-state index contributed by atoms with van der Waals surface area (Å²) in [5, 5.41) is 7.03. The van der Waals surface area contributed by atoms with Gasteiger partial charge in [0, 0.05) is 17.6 Å². The molecular formula is C15H19N5O. The topological polar surface area (TPSA) is 85.8 Å². The van der Waals surface area contributed by atoms with Crippen molar-refractivity contribution in [1.29, 1.82) is 0 Å². The normalized spacial score (nSPS) is 22.0. The Bertz CT molecular complexity index is 593. The molecule has 110 valence electrons. The number of benzene rings is 1. The van der Waals surface area contributed by atoms with Crippen LogP contribution in [0.15, 0.2) is 36.9 Å². The molecule has 1 aliphatic rings. The second-order valence-corrected chi connectivity index (χ2v) is 5.50. The van der Waals surface area contributed by atoms with E-state index in [0.717, 1.165) is 37.1 Å². The summed E-state index contributed by atoms with van der Waals surface area (Å²) in [7, 11) is 0. The number of anilines is 1. The third-order valence-electron chi connectivity index (χ3n) is 3.90. The van der Waals surface area contributed by atoms with Gasteiger partial charge in [0.1, 0.15) is 12.7 Å². The van der Waals surface area contributed by atoms with Gasteiger partial charge in [0.05, 0.1) is 5.69 Å². The molecule has 2 aromatic rings. The van der Waals surface area contributed by atoms with Gasteiger partial charge in [0.25, 0.3) is 0 Å². The zero-order chi connectivity index (χ0) is 14.7. The number of hydrogen-bond donors (Lipinski definition) is 2. The highest BCUT2D eigenvalue weighted by Gasteiger charge is 2.25. The van der Waals surface area contributed by atoms with Gasteiger partial charge in [-0.25, -0.2) is 9.67 Å². The summed E-state index contributed by atoms with van der Waals surface area (Å²) >= 11 is 0. The van der Waals surface area contributed by atoms with Crippen molar-refractivity contribution in [3.63, 3.8) is 0 Å². The zero-order valence-electron chi connectivity index (χ0n) is 11.8. The monoisotopic (exact) mass is 285 g/mol.